The molecule has 3 aromatic heterocycles. The zero-order valence-corrected chi connectivity index (χ0v) is 31.4. The zero-order valence-electron chi connectivity index (χ0n) is 29.1. The number of halogens is 9. The second kappa shape index (κ2) is 21.7. The summed E-state index contributed by atoms with van der Waals surface area (Å²) < 4.78 is 107. The fraction of sp³-hybridized carbons (Fsp3) is 0.364. The molecule has 1 aliphatic heterocycles. The number of nitrogens with zero attached hydrogens (tertiary/aromatic N) is 9. The fourth-order valence-electron chi connectivity index (χ4n) is 4.28. The van der Waals surface area contributed by atoms with E-state index >= 15 is 0 Å². The number of aliphatic imine (C=N–C) groups is 1. The molecule has 2 atom stereocenters. The molecule has 0 saturated carbocycles. The van der Waals surface area contributed by atoms with Crippen LogP contribution in [0.5, 0.6) is 0 Å². The number of rotatable bonds is 11. The van der Waals surface area contributed by atoms with Crippen LogP contribution < -0.4 is 0 Å². The molecule has 0 saturated heterocycles. The topological polar surface area (TPSA) is 161 Å². The van der Waals surface area contributed by atoms with E-state index < -0.39 is 58.8 Å². The van der Waals surface area contributed by atoms with E-state index in [1.54, 1.807) is 30.5 Å². The summed E-state index contributed by atoms with van der Waals surface area (Å²) in [6.45, 7) is 2.52. The van der Waals surface area contributed by atoms with Crippen LogP contribution in [0, 0.1) is 22.9 Å². The Balaban J connectivity index is 0.000000285. The lowest BCUT2D eigenvalue weighted by atomic mass is 10.2. The van der Waals surface area contributed by atoms with E-state index in [0.29, 0.717) is 27.1 Å². The van der Waals surface area contributed by atoms with Crippen LogP contribution >= 0.6 is 23.2 Å². The standard InChI is InChI=1S/C12H11ClF2N2O2.C11H11ClF2N4.C10H10F3N3OS/c13-10-2-1-8(4-16-10)5-17(6-11(14)15)9-3-12(18)19-7-9;1-8(17-7-15)18(6-11(13)14)5-9-2-3-10(12)16-4-9;1-7(18(2,17)16-6-14)8-3-4-9(15-5-8)10(11,12)13/h1-4,11H,5-7H2;2-4,11H,5-6H2,1H3;3-5,7H,1-2H3. The smallest absolute Gasteiger partial charge is 0.433 e. The molecule has 0 aromatic carbocycles. The number of hydrogen-bond donors (Lipinski definition) is 0. The number of nitriles is 2. The molecule has 4 rings (SSSR count). The van der Waals surface area contributed by atoms with Gasteiger partial charge in [0.25, 0.3) is 12.9 Å². The first-order chi connectivity index (χ1) is 25.7. The second-order valence-electron chi connectivity index (χ2n) is 11.2. The van der Waals surface area contributed by atoms with Crippen LogP contribution in [0.2, 0.25) is 10.3 Å². The molecule has 4 heterocycles. The number of carbonyl (C=O) groups is 1. The Morgan fingerprint density at radius 1 is 0.927 bits per heavy atom. The highest BCUT2D eigenvalue weighted by Crippen LogP contribution is 2.29. The summed E-state index contributed by atoms with van der Waals surface area (Å²) in [5.41, 5.74) is 1.21. The van der Waals surface area contributed by atoms with E-state index in [-0.39, 0.29) is 25.5 Å². The van der Waals surface area contributed by atoms with Gasteiger partial charge in [-0.3, -0.25) is 4.98 Å². The predicted molar refractivity (Wildman–Crippen MR) is 189 cm³/mol. The molecule has 12 nitrogen and oxygen atoms in total. The fourth-order valence-corrected chi connectivity index (χ4v) is 5.47. The molecular formula is C33H32Cl2F7N9O3S. The van der Waals surface area contributed by atoms with Gasteiger partial charge in [0.2, 0.25) is 12.4 Å². The minimum atomic E-state index is -4.51. The first kappa shape index (κ1) is 46.1. The molecule has 0 spiro atoms. The van der Waals surface area contributed by atoms with Crippen molar-refractivity contribution in [1.29, 1.82) is 10.5 Å². The second-order valence-corrected chi connectivity index (χ2v) is 14.6. The summed E-state index contributed by atoms with van der Waals surface area (Å²) >= 11 is 11.3. The largest absolute Gasteiger partial charge is 0.456 e. The Labute approximate surface area is 322 Å². The van der Waals surface area contributed by atoms with Gasteiger partial charge in [-0.2, -0.15) is 28.7 Å². The van der Waals surface area contributed by atoms with Crippen molar-refractivity contribution in [1.82, 2.24) is 24.8 Å². The van der Waals surface area contributed by atoms with E-state index in [0.717, 1.165) is 17.8 Å². The number of esters is 1. The number of pyridine rings is 3. The van der Waals surface area contributed by atoms with Gasteiger partial charge in [-0.05, 0) is 48.7 Å². The summed E-state index contributed by atoms with van der Waals surface area (Å²) in [5.74, 6) is -0.267. The van der Waals surface area contributed by atoms with Crippen LogP contribution in [0.25, 0.3) is 0 Å². The third kappa shape index (κ3) is 16.5. The van der Waals surface area contributed by atoms with E-state index in [1.165, 1.54) is 60.6 Å². The van der Waals surface area contributed by atoms with Crippen LogP contribution in [-0.2, 0) is 38.5 Å². The van der Waals surface area contributed by atoms with Crippen molar-refractivity contribution in [2.24, 2.45) is 9.36 Å². The highest BCUT2D eigenvalue weighted by atomic mass is 35.5. The average Bonchev–Trinajstić information content (AvgIpc) is 3.55. The maximum atomic E-state index is 12.6. The van der Waals surface area contributed by atoms with Crippen molar-refractivity contribution in [3.63, 3.8) is 0 Å². The Morgan fingerprint density at radius 3 is 1.93 bits per heavy atom. The van der Waals surface area contributed by atoms with Gasteiger partial charge in [0.15, 0.2) is 0 Å². The van der Waals surface area contributed by atoms with Crippen LogP contribution in [0.3, 0.4) is 0 Å². The number of aromatic nitrogens is 3. The monoisotopic (exact) mass is 837 g/mol. The van der Waals surface area contributed by atoms with Crippen LogP contribution in [0.15, 0.2) is 76.1 Å². The van der Waals surface area contributed by atoms with Crippen molar-refractivity contribution in [3.05, 3.63) is 99.5 Å². The first-order valence-corrected chi connectivity index (χ1v) is 18.2. The summed E-state index contributed by atoms with van der Waals surface area (Å²) in [5, 5.41) is 16.8. The quantitative estimate of drug-likeness (QED) is 0.0468. The van der Waals surface area contributed by atoms with Crippen molar-refractivity contribution in [3.8, 4) is 12.4 Å². The number of hydrogen-bond acceptors (Lipinski definition) is 11. The molecule has 0 radical (unpaired) electrons. The normalized spacial score (nSPS) is 14.1. The van der Waals surface area contributed by atoms with Gasteiger partial charge in [0.1, 0.15) is 28.4 Å². The summed E-state index contributed by atoms with van der Waals surface area (Å²) in [4.78, 5) is 28.2. The van der Waals surface area contributed by atoms with Crippen molar-refractivity contribution >= 4 is 44.7 Å². The van der Waals surface area contributed by atoms with Crippen molar-refractivity contribution < 1.29 is 44.5 Å². The maximum absolute atomic E-state index is 12.6. The number of cyclic esters (lactones) is 1. The molecule has 22 heteroatoms. The van der Waals surface area contributed by atoms with E-state index in [2.05, 4.69) is 24.3 Å². The molecule has 0 fully saturated rings. The first-order valence-electron chi connectivity index (χ1n) is 15.5. The van der Waals surface area contributed by atoms with Crippen LogP contribution in [0.4, 0.5) is 30.7 Å². The lowest BCUT2D eigenvalue weighted by molar-refractivity contribution is -0.141. The Kier molecular flexibility index (Phi) is 18.2. The van der Waals surface area contributed by atoms with Crippen molar-refractivity contribution in [2.75, 3.05) is 26.0 Å². The number of alkyl halides is 7. The predicted octanol–water partition coefficient (Wildman–Crippen LogP) is 7.68. The molecule has 296 valence electrons. The number of carbonyl (C=O) groups excluding carboxylic acids is 1. The van der Waals surface area contributed by atoms with Gasteiger partial charge in [-0.15, -0.1) is 4.36 Å². The molecule has 1 aliphatic rings. The molecular weight excluding hydrogens is 806 g/mol. The number of amidine groups is 1. The van der Waals surface area contributed by atoms with E-state index in [1.807, 2.05) is 0 Å². The summed E-state index contributed by atoms with van der Waals surface area (Å²) in [6, 6.07) is 8.56. The molecule has 0 bridgehead atoms. The highest BCUT2D eigenvalue weighted by molar-refractivity contribution is 7.93. The molecule has 0 amide bonds. The lowest BCUT2D eigenvalue weighted by Crippen LogP contribution is -2.32. The van der Waals surface area contributed by atoms with Gasteiger partial charge < -0.3 is 14.5 Å². The molecule has 2 unspecified atom stereocenters. The minimum absolute atomic E-state index is 0.0204. The van der Waals surface area contributed by atoms with Crippen LogP contribution in [0.1, 0.15) is 41.5 Å². The minimum Gasteiger partial charge on any atom is -0.456 e. The van der Waals surface area contributed by atoms with Gasteiger partial charge in [0, 0.05) is 44.0 Å². The molecule has 0 N–H and O–H groups in total. The lowest BCUT2D eigenvalue weighted by Gasteiger charge is -2.24. The van der Waals surface area contributed by atoms with Crippen LogP contribution in [-0.4, -0.2) is 79.6 Å². The summed E-state index contributed by atoms with van der Waals surface area (Å²) in [6.07, 6.45) is 0.0294. The van der Waals surface area contributed by atoms with E-state index in [4.69, 9.17) is 38.5 Å². The number of ether oxygens (including phenoxy) is 1. The molecule has 3 aromatic rings. The molecule has 0 aliphatic carbocycles. The van der Waals surface area contributed by atoms with E-state index in [9.17, 15) is 39.7 Å². The van der Waals surface area contributed by atoms with Gasteiger partial charge in [-0.25, -0.2) is 36.5 Å². The Hall–Kier alpha value is -5.05. The Bertz CT molecular complexity index is 1980. The maximum Gasteiger partial charge on any atom is 0.433 e. The third-order valence-corrected chi connectivity index (χ3v) is 9.66. The molecule has 55 heavy (non-hydrogen) atoms. The van der Waals surface area contributed by atoms with Gasteiger partial charge in [-0.1, -0.05) is 41.4 Å². The summed E-state index contributed by atoms with van der Waals surface area (Å²) in [7, 11) is -2.82. The Morgan fingerprint density at radius 2 is 1.51 bits per heavy atom. The third-order valence-electron chi connectivity index (χ3n) is 7.19. The zero-order chi connectivity index (χ0) is 41.3. The van der Waals surface area contributed by atoms with Gasteiger partial charge in [0.05, 0.1) is 33.8 Å². The average molecular weight is 839 g/mol. The van der Waals surface area contributed by atoms with Crippen molar-refractivity contribution in [2.45, 2.75) is 51.2 Å². The SMILES string of the molecule is CC(=NC#N)N(Cc1ccc(Cl)nc1)CC(F)F.CC(c1ccc(C(F)(F)F)nc1)S(C)(=O)=NC#N.O=C1C=C(N(Cc2ccc(Cl)nc2)CC(F)F)CO1. The highest BCUT2D eigenvalue weighted by Gasteiger charge is 2.32. The van der Waals surface area contributed by atoms with Gasteiger partial charge >= 0.3 is 12.1 Å².